The van der Waals surface area contributed by atoms with Crippen molar-refractivity contribution in [2.75, 3.05) is 0 Å². The Labute approximate surface area is 189 Å². The summed E-state index contributed by atoms with van der Waals surface area (Å²) < 4.78 is -1.11. The Morgan fingerprint density at radius 2 is 0.750 bits per heavy atom. The average Bonchev–Trinajstić information content (AvgIpc) is 2.65. The van der Waals surface area contributed by atoms with E-state index in [1.54, 1.807) is 0 Å². The van der Waals surface area contributed by atoms with E-state index >= 15 is 0 Å². The van der Waals surface area contributed by atoms with Crippen molar-refractivity contribution in [3.8, 4) is 0 Å². The smallest absolute Gasteiger partial charge is 0.154 e. The van der Waals surface area contributed by atoms with Gasteiger partial charge in [-0.1, -0.05) is 136 Å². The zero-order chi connectivity index (χ0) is 20.9. The Morgan fingerprint density at radius 1 is 0.500 bits per heavy atom. The molecule has 1 nitrogen and oxygen atoms in total. The van der Waals surface area contributed by atoms with Crippen LogP contribution in [0, 0.1) is 5.92 Å². The van der Waals surface area contributed by atoms with Crippen molar-refractivity contribution in [2.45, 2.75) is 153 Å². The summed E-state index contributed by atoms with van der Waals surface area (Å²) in [6.07, 6.45) is 27.9. The van der Waals surface area contributed by atoms with Gasteiger partial charge in [0.1, 0.15) is 0 Å². The second kappa shape index (κ2) is 20.9. The minimum Gasteiger partial charge on any atom is -0.370 e. The molecule has 0 aromatic carbocycles. The van der Waals surface area contributed by atoms with E-state index < -0.39 is 4.27 Å². The summed E-state index contributed by atoms with van der Waals surface area (Å²) >= 11 is 8.72. The molecule has 170 valence electrons. The van der Waals surface area contributed by atoms with Crippen LogP contribution in [0.1, 0.15) is 149 Å². The van der Waals surface area contributed by atoms with Gasteiger partial charge in [-0.05, 0) is 12.8 Å². The predicted molar refractivity (Wildman–Crippen MR) is 135 cm³/mol. The van der Waals surface area contributed by atoms with Gasteiger partial charge in [-0.15, -0.1) is 25.3 Å². The lowest BCUT2D eigenvalue weighted by Gasteiger charge is -2.27. The number of thiol groups is 2. The molecule has 0 bridgehead atoms. The first-order chi connectivity index (χ1) is 13.5. The minimum absolute atomic E-state index is 0.220. The Hall–Kier alpha value is 0.660. The summed E-state index contributed by atoms with van der Waals surface area (Å²) in [5, 5.41) is 10.3. The highest BCUT2D eigenvalue weighted by Gasteiger charge is 2.27. The maximum absolute atomic E-state index is 10.3. The van der Waals surface area contributed by atoms with Gasteiger partial charge in [0.25, 0.3) is 0 Å². The van der Waals surface area contributed by atoms with Crippen molar-refractivity contribution in [1.82, 2.24) is 0 Å². The molecular weight excluding hydrogens is 380 g/mol. The Bertz CT molecular complexity index is 301. The first kappa shape index (κ1) is 28.7. The highest BCUT2D eigenvalue weighted by Crippen LogP contribution is 2.34. The highest BCUT2D eigenvalue weighted by molar-refractivity contribution is 8.00. The van der Waals surface area contributed by atoms with Gasteiger partial charge in [0.15, 0.2) is 4.27 Å². The molecule has 0 spiro atoms. The monoisotopic (exact) mass is 432 g/mol. The van der Waals surface area contributed by atoms with Crippen LogP contribution in [0.5, 0.6) is 0 Å². The van der Waals surface area contributed by atoms with Crippen molar-refractivity contribution in [1.29, 1.82) is 0 Å². The van der Waals surface area contributed by atoms with Gasteiger partial charge < -0.3 is 5.11 Å². The van der Waals surface area contributed by atoms with Crippen LogP contribution in [0.3, 0.4) is 0 Å². The second-order valence-corrected chi connectivity index (χ2v) is 10.7. The lowest BCUT2D eigenvalue weighted by atomic mass is 9.94. The second-order valence-electron chi connectivity index (χ2n) is 8.97. The quantitative estimate of drug-likeness (QED) is 0.0884. The van der Waals surface area contributed by atoms with Crippen LogP contribution >= 0.6 is 25.3 Å². The third kappa shape index (κ3) is 20.0. The van der Waals surface area contributed by atoms with Gasteiger partial charge in [-0.25, -0.2) is 0 Å². The van der Waals surface area contributed by atoms with Gasteiger partial charge in [0, 0.05) is 5.92 Å². The Balaban J connectivity index is 3.62. The number of hydrogen-bond acceptors (Lipinski definition) is 3. The topological polar surface area (TPSA) is 20.2 Å². The molecule has 0 amide bonds. The molecule has 0 radical (unpaired) electrons. The fourth-order valence-corrected chi connectivity index (χ4v) is 4.63. The SMILES string of the molecule is CCCCCCCCCCCCC(CCCCCCCCCCC)C(O)(S)S. The maximum Gasteiger partial charge on any atom is 0.154 e. The number of aliphatic hydroxyl groups is 1. The molecule has 1 atom stereocenters. The van der Waals surface area contributed by atoms with Crippen LogP contribution in [0.25, 0.3) is 0 Å². The van der Waals surface area contributed by atoms with Crippen LogP contribution in [0.2, 0.25) is 0 Å². The fraction of sp³-hybridized carbons (Fsp3) is 1.00. The first-order valence-corrected chi connectivity index (χ1v) is 13.6. The molecule has 28 heavy (non-hydrogen) atoms. The summed E-state index contributed by atoms with van der Waals surface area (Å²) in [6, 6.07) is 0. The van der Waals surface area contributed by atoms with E-state index in [0.717, 1.165) is 12.8 Å². The molecule has 0 aliphatic carbocycles. The van der Waals surface area contributed by atoms with Gasteiger partial charge in [0.05, 0.1) is 0 Å². The number of unbranched alkanes of at least 4 members (excludes halogenated alkanes) is 17. The molecule has 0 aliphatic heterocycles. The Morgan fingerprint density at radius 3 is 1.00 bits per heavy atom. The van der Waals surface area contributed by atoms with E-state index in [4.69, 9.17) is 0 Å². The molecule has 0 heterocycles. The lowest BCUT2D eigenvalue weighted by molar-refractivity contribution is 0.145. The summed E-state index contributed by atoms with van der Waals surface area (Å²) in [5.41, 5.74) is 0. The van der Waals surface area contributed by atoms with Gasteiger partial charge in [0.2, 0.25) is 0 Å². The van der Waals surface area contributed by atoms with Crippen LogP contribution in [0.4, 0.5) is 0 Å². The first-order valence-electron chi connectivity index (χ1n) is 12.7. The molecule has 0 saturated heterocycles. The average molecular weight is 433 g/mol. The van der Waals surface area contributed by atoms with Crippen LogP contribution < -0.4 is 0 Å². The molecule has 3 heteroatoms. The lowest BCUT2D eigenvalue weighted by Crippen LogP contribution is -2.25. The van der Waals surface area contributed by atoms with Gasteiger partial charge >= 0.3 is 0 Å². The van der Waals surface area contributed by atoms with E-state index in [1.165, 1.54) is 122 Å². The fourth-order valence-electron chi connectivity index (χ4n) is 4.11. The van der Waals surface area contributed by atoms with Crippen molar-refractivity contribution >= 4 is 25.3 Å². The van der Waals surface area contributed by atoms with Crippen LogP contribution in [-0.2, 0) is 0 Å². The summed E-state index contributed by atoms with van der Waals surface area (Å²) in [4.78, 5) is 0. The molecule has 0 aromatic heterocycles. The van der Waals surface area contributed by atoms with Crippen molar-refractivity contribution < 1.29 is 5.11 Å². The summed E-state index contributed by atoms with van der Waals surface area (Å²) in [5.74, 6) is 0.220. The Kier molecular flexibility index (Phi) is 21.4. The van der Waals surface area contributed by atoms with Crippen molar-refractivity contribution in [3.05, 3.63) is 0 Å². The standard InChI is InChI=1S/C25H52OS2/c1-3-5-7-9-11-13-15-17-19-21-23-24(25(26,27)28)22-20-18-16-14-12-10-8-6-4-2/h24,26-28H,3-23H2,1-2H3. The molecule has 1 unspecified atom stereocenters. The molecule has 0 aromatic rings. The third-order valence-corrected chi connectivity index (χ3v) is 6.84. The van der Waals surface area contributed by atoms with Gasteiger partial charge in [-0.3, -0.25) is 0 Å². The van der Waals surface area contributed by atoms with E-state index in [0.29, 0.717) is 0 Å². The minimum atomic E-state index is -1.11. The normalized spacial score (nSPS) is 13.2. The molecule has 1 N–H and O–H groups in total. The predicted octanol–water partition coefficient (Wildman–Crippen LogP) is 9.34. The zero-order valence-corrected chi connectivity index (χ0v) is 21.1. The van der Waals surface area contributed by atoms with E-state index in [2.05, 4.69) is 39.1 Å². The molecule has 0 fully saturated rings. The molecule has 0 saturated carbocycles. The van der Waals surface area contributed by atoms with Gasteiger partial charge in [-0.2, -0.15) is 0 Å². The highest BCUT2D eigenvalue weighted by atomic mass is 32.2. The van der Waals surface area contributed by atoms with E-state index in [1.807, 2.05) is 0 Å². The number of rotatable bonds is 22. The van der Waals surface area contributed by atoms with Crippen molar-refractivity contribution in [3.63, 3.8) is 0 Å². The zero-order valence-electron chi connectivity index (χ0n) is 19.3. The van der Waals surface area contributed by atoms with E-state index in [-0.39, 0.29) is 5.92 Å². The maximum atomic E-state index is 10.3. The summed E-state index contributed by atoms with van der Waals surface area (Å²) in [7, 11) is 0. The third-order valence-electron chi connectivity index (χ3n) is 6.11. The molecule has 0 aliphatic rings. The largest absolute Gasteiger partial charge is 0.370 e. The van der Waals surface area contributed by atoms with Crippen LogP contribution in [0.15, 0.2) is 0 Å². The molecular formula is C25H52OS2. The molecule has 0 rings (SSSR count). The van der Waals surface area contributed by atoms with E-state index in [9.17, 15) is 5.11 Å². The van der Waals surface area contributed by atoms with Crippen LogP contribution in [-0.4, -0.2) is 9.37 Å². The van der Waals surface area contributed by atoms with Crippen molar-refractivity contribution in [2.24, 2.45) is 5.92 Å². The summed E-state index contributed by atoms with van der Waals surface area (Å²) in [6.45, 7) is 4.55. The number of hydrogen-bond donors (Lipinski definition) is 3.